The monoisotopic (exact) mass is 276 g/mol. The van der Waals surface area contributed by atoms with E-state index in [1.165, 1.54) is 33.2 Å². The highest BCUT2D eigenvalue weighted by atomic mass is 14.9. The van der Waals surface area contributed by atoms with Gasteiger partial charge in [0, 0.05) is 30.0 Å². The van der Waals surface area contributed by atoms with Gasteiger partial charge in [-0.05, 0) is 35.4 Å². The minimum atomic E-state index is 0.798. The van der Waals surface area contributed by atoms with Gasteiger partial charge in [0.1, 0.15) is 0 Å². The van der Waals surface area contributed by atoms with Gasteiger partial charge in [-0.15, -0.1) is 0 Å². The van der Waals surface area contributed by atoms with Crippen LogP contribution in [0.15, 0.2) is 54.9 Å². The highest BCUT2D eigenvalue weighted by molar-refractivity contribution is 5.84. The molecule has 0 unspecified atom stereocenters. The average Bonchev–Trinajstić information content (AvgIpc) is 2.53. The van der Waals surface area contributed by atoms with E-state index >= 15 is 0 Å². The molecule has 106 valence electrons. The summed E-state index contributed by atoms with van der Waals surface area (Å²) in [5, 5.41) is 6.06. The van der Waals surface area contributed by atoms with Gasteiger partial charge in [0.05, 0.1) is 0 Å². The van der Waals surface area contributed by atoms with Crippen LogP contribution in [-0.4, -0.2) is 4.98 Å². The minimum absolute atomic E-state index is 0.798. The number of pyridine rings is 1. The topological polar surface area (TPSA) is 24.9 Å². The lowest BCUT2D eigenvalue weighted by atomic mass is 10.0. The highest BCUT2D eigenvalue weighted by Crippen LogP contribution is 2.23. The van der Waals surface area contributed by atoms with Crippen LogP contribution >= 0.6 is 0 Å². The molecule has 0 saturated carbocycles. The summed E-state index contributed by atoms with van der Waals surface area (Å²) in [4.78, 5) is 4.35. The first kappa shape index (κ1) is 13.6. The fourth-order valence-corrected chi connectivity index (χ4v) is 2.78. The van der Waals surface area contributed by atoms with Crippen LogP contribution < -0.4 is 5.32 Å². The summed E-state index contributed by atoms with van der Waals surface area (Å²) in [7, 11) is 0. The van der Waals surface area contributed by atoms with E-state index < -0.39 is 0 Å². The first-order valence-electron chi connectivity index (χ1n) is 7.43. The van der Waals surface area contributed by atoms with Crippen molar-refractivity contribution in [1.82, 2.24) is 4.98 Å². The standard InChI is InChI=1S/C19H20N2/c1-3-15-9-6-7-14(2)19(15)21-13-17-12-20-11-16-8-4-5-10-18(16)17/h4-12,21H,3,13H2,1-2H3. The van der Waals surface area contributed by atoms with Crippen LogP contribution in [0.1, 0.15) is 23.6 Å². The van der Waals surface area contributed by atoms with E-state index in [-0.39, 0.29) is 0 Å². The van der Waals surface area contributed by atoms with Crippen LogP contribution in [0.3, 0.4) is 0 Å². The molecule has 0 bridgehead atoms. The van der Waals surface area contributed by atoms with E-state index in [0.717, 1.165) is 13.0 Å². The van der Waals surface area contributed by atoms with Gasteiger partial charge in [-0.1, -0.05) is 49.4 Å². The third-order valence-corrected chi connectivity index (χ3v) is 3.95. The van der Waals surface area contributed by atoms with Crippen LogP contribution in [0.25, 0.3) is 10.8 Å². The number of hydrogen-bond donors (Lipinski definition) is 1. The van der Waals surface area contributed by atoms with Crippen LogP contribution in [0, 0.1) is 6.92 Å². The second kappa shape index (κ2) is 5.96. The third kappa shape index (κ3) is 2.75. The largest absolute Gasteiger partial charge is 0.380 e. The van der Waals surface area contributed by atoms with Crippen LogP contribution in [-0.2, 0) is 13.0 Å². The van der Waals surface area contributed by atoms with Crippen LogP contribution in [0.4, 0.5) is 5.69 Å². The molecular weight excluding hydrogens is 256 g/mol. The maximum atomic E-state index is 4.35. The molecular formula is C19H20N2. The van der Waals surface area contributed by atoms with Crippen molar-refractivity contribution in [3.8, 4) is 0 Å². The van der Waals surface area contributed by atoms with Gasteiger partial charge in [0.25, 0.3) is 0 Å². The summed E-state index contributed by atoms with van der Waals surface area (Å²) in [6.45, 7) is 5.15. The van der Waals surface area contributed by atoms with Gasteiger partial charge in [0.15, 0.2) is 0 Å². The van der Waals surface area contributed by atoms with Gasteiger partial charge in [-0.3, -0.25) is 4.98 Å². The van der Waals surface area contributed by atoms with E-state index in [2.05, 4.69) is 66.6 Å². The van der Waals surface area contributed by atoms with Crippen molar-refractivity contribution in [3.05, 3.63) is 71.5 Å². The quantitative estimate of drug-likeness (QED) is 0.746. The Balaban J connectivity index is 1.91. The smallest absolute Gasteiger partial charge is 0.0422 e. The number of fused-ring (bicyclic) bond motifs is 1. The number of hydrogen-bond acceptors (Lipinski definition) is 2. The number of aryl methyl sites for hydroxylation is 2. The number of benzene rings is 2. The van der Waals surface area contributed by atoms with Crippen LogP contribution in [0.2, 0.25) is 0 Å². The van der Waals surface area contributed by atoms with Gasteiger partial charge in [0.2, 0.25) is 0 Å². The zero-order valence-corrected chi connectivity index (χ0v) is 12.6. The number of rotatable bonds is 4. The van der Waals surface area contributed by atoms with E-state index in [1.807, 2.05) is 12.4 Å². The van der Waals surface area contributed by atoms with Crippen molar-refractivity contribution in [2.24, 2.45) is 0 Å². The maximum Gasteiger partial charge on any atom is 0.0422 e. The Morgan fingerprint density at radius 2 is 1.81 bits per heavy atom. The van der Waals surface area contributed by atoms with Gasteiger partial charge >= 0.3 is 0 Å². The first-order valence-corrected chi connectivity index (χ1v) is 7.43. The van der Waals surface area contributed by atoms with Crippen molar-refractivity contribution < 1.29 is 0 Å². The molecule has 0 fully saturated rings. The lowest BCUT2D eigenvalue weighted by Gasteiger charge is -2.15. The average molecular weight is 276 g/mol. The normalized spacial score (nSPS) is 10.8. The lowest BCUT2D eigenvalue weighted by Crippen LogP contribution is -2.04. The Bertz CT molecular complexity index is 757. The third-order valence-electron chi connectivity index (χ3n) is 3.95. The summed E-state index contributed by atoms with van der Waals surface area (Å²) < 4.78 is 0. The number of nitrogens with one attached hydrogen (secondary N) is 1. The predicted molar refractivity (Wildman–Crippen MR) is 89.6 cm³/mol. The summed E-state index contributed by atoms with van der Waals surface area (Å²) in [5.74, 6) is 0. The molecule has 0 radical (unpaired) electrons. The molecule has 3 aromatic rings. The number of nitrogens with zero attached hydrogens (tertiary/aromatic N) is 1. The fourth-order valence-electron chi connectivity index (χ4n) is 2.78. The number of anilines is 1. The SMILES string of the molecule is CCc1cccc(C)c1NCc1cncc2ccccc12. The predicted octanol–water partition coefficient (Wildman–Crippen LogP) is 4.72. The lowest BCUT2D eigenvalue weighted by molar-refractivity contribution is 1.08. The molecule has 2 nitrogen and oxygen atoms in total. The molecule has 0 aliphatic heterocycles. The summed E-state index contributed by atoms with van der Waals surface area (Å²) in [5.41, 5.74) is 5.15. The second-order valence-electron chi connectivity index (χ2n) is 5.34. The molecule has 0 aliphatic rings. The molecule has 1 aromatic heterocycles. The molecule has 0 amide bonds. The summed E-state index contributed by atoms with van der Waals surface area (Å²) >= 11 is 0. The Hall–Kier alpha value is -2.35. The summed E-state index contributed by atoms with van der Waals surface area (Å²) in [6.07, 6.45) is 4.92. The molecule has 0 spiro atoms. The highest BCUT2D eigenvalue weighted by Gasteiger charge is 2.05. The zero-order valence-electron chi connectivity index (χ0n) is 12.6. The number of aromatic nitrogens is 1. The first-order chi connectivity index (χ1) is 10.3. The molecule has 1 heterocycles. The van der Waals surface area contributed by atoms with E-state index in [4.69, 9.17) is 0 Å². The van der Waals surface area contributed by atoms with E-state index in [1.54, 1.807) is 0 Å². The van der Waals surface area contributed by atoms with Gasteiger partial charge < -0.3 is 5.32 Å². The van der Waals surface area contributed by atoms with Crippen molar-refractivity contribution in [2.75, 3.05) is 5.32 Å². The maximum absolute atomic E-state index is 4.35. The molecule has 2 heteroatoms. The molecule has 3 rings (SSSR count). The summed E-state index contributed by atoms with van der Waals surface area (Å²) in [6, 6.07) is 14.9. The van der Waals surface area contributed by atoms with Crippen LogP contribution in [0.5, 0.6) is 0 Å². The second-order valence-corrected chi connectivity index (χ2v) is 5.34. The molecule has 1 N–H and O–H groups in total. The molecule has 2 aromatic carbocycles. The van der Waals surface area contributed by atoms with Gasteiger partial charge in [-0.25, -0.2) is 0 Å². The Morgan fingerprint density at radius 3 is 2.67 bits per heavy atom. The Kier molecular flexibility index (Phi) is 3.87. The van der Waals surface area contributed by atoms with Gasteiger partial charge in [-0.2, -0.15) is 0 Å². The van der Waals surface area contributed by atoms with E-state index in [0.29, 0.717) is 0 Å². The molecule has 21 heavy (non-hydrogen) atoms. The Morgan fingerprint density at radius 1 is 0.952 bits per heavy atom. The fraction of sp³-hybridized carbons (Fsp3) is 0.211. The van der Waals surface area contributed by atoms with Crippen molar-refractivity contribution in [3.63, 3.8) is 0 Å². The molecule has 0 atom stereocenters. The van der Waals surface area contributed by atoms with Crippen molar-refractivity contribution in [1.29, 1.82) is 0 Å². The minimum Gasteiger partial charge on any atom is -0.380 e. The van der Waals surface area contributed by atoms with Crippen molar-refractivity contribution in [2.45, 2.75) is 26.8 Å². The number of para-hydroxylation sites is 1. The van der Waals surface area contributed by atoms with Crippen molar-refractivity contribution >= 4 is 16.5 Å². The molecule has 0 saturated heterocycles. The zero-order chi connectivity index (χ0) is 14.7. The van der Waals surface area contributed by atoms with E-state index in [9.17, 15) is 0 Å². The Labute approximate surface area is 125 Å². The molecule has 0 aliphatic carbocycles.